The zero-order valence-electron chi connectivity index (χ0n) is 11.1. The van der Waals surface area contributed by atoms with Gasteiger partial charge in [0, 0.05) is 0 Å². The van der Waals surface area contributed by atoms with E-state index in [4.69, 9.17) is 5.11 Å². The van der Waals surface area contributed by atoms with E-state index < -0.39 is 5.97 Å². The van der Waals surface area contributed by atoms with Gasteiger partial charge in [-0.15, -0.1) is 0 Å². The van der Waals surface area contributed by atoms with E-state index in [1.54, 1.807) is 18.2 Å². The van der Waals surface area contributed by atoms with Gasteiger partial charge in [-0.25, -0.2) is 4.79 Å². The Morgan fingerprint density at radius 2 is 1.63 bits per heavy atom. The summed E-state index contributed by atoms with van der Waals surface area (Å²) in [5, 5.41) is 8.96. The molecule has 0 bridgehead atoms. The Kier molecular flexibility index (Phi) is 3.81. The average Bonchev–Trinajstić information content (AvgIpc) is 2.38. The van der Waals surface area contributed by atoms with Crippen molar-refractivity contribution in [2.75, 3.05) is 0 Å². The summed E-state index contributed by atoms with van der Waals surface area (Å²) < 4.78 is 0. The highest BCUT2D eigenvalue weighted by Gasteiger charge is 2.02. The van der Waals surface area contributed by atoms with Crippen LogP contribution in [0.1, 0.15) is 32.6 Å². The largest absolute Gasteiger partial charge is 0.478 e. The predicted octanol–water partition coefficient (Wildman–Crippen LogP) is 4.17. The predicted molar refractivity (Wildman–Crippen MR) is 78.2 cm³/mol. The molecule has 0 aromatic heterocycles. The van der Waals surface area contributed by atoms with Crippen LogP contribution < -0.4 is 0 Å². The van der Waals surface area contributed by atoms with Crippen LogP contribution in [0.2, 0.25) is 0 Å². The minimum Gasteiger partial charge on any atom is -0.478 e. The topological polar surface area (TPSA) is 37.3 Å². The Morgan fingerprint density at radius 3 is 2.26 bits per heavy atom. The van der Waals surface area contributed by atoms with Crippen molar-refractivity contribution in [1.82, 2.24) is 0 Å². The van der Waals surface area contributed by atoms with Gasteiger partial charge in [-0.05, 0) is 48.2 Å². The first-order valence-corrected chi connectivity index (χ1v) is 6.15. The summed E-state index contributed by atoms with van der Waals surface area (Å²) in [5.74, 6) is -0.901. The molecule has 0 atom stereocenters. The number of aryl methyl sites for hydroxylation is 2. The van der Waals surface area contributed by atoms with Crippen molar-refractivity contribution in [3.8, 4) is 0 Å². The lowest BCUT2D eigenvalue weighted by Crippen LogP contribution is -1.95. The maximum absolute atomic E-state index is 10.9. The van der Waals surface area contributed by atoms with Gasteiger partial charge in [0.15, 0.2) is 0 Å². The third-order valence-electron chi connectivity index (χ3n) is 3.12. The number of aromatic carboxylic acids is 1. The van der Waals surface area contributed by atoms with Crippen LogP contribution >= 0.6 is 0 Å². The number of hydrogen-bond donors (Lipinski definition) is 1. The van der Waals surface area contributed by atoms with Crippen LogP contribution in [-0.4, -0.2) is 11.1 Å². The number of carboxylic acid groups (broad SMARTS) is 1. The van der Waals surface area contributed by atoms with Crippen LogP contribution in [0.5, 0.6) is 0 Å². The molecule has 0 saturated carbocycles. The minimum atomic E-state index is -0.901. The van der Waals surface area contributed by atoms with Crippen molar-refractivity contribution in [2.24, 2.45) is 0 Å². The molecule has 96 valence electrons. The van der Waals surface area contributed by atoms with Crippen molar-refractivity contribution in [3.05, 3.63) is 70.3 Å². The van der Waals surface area contributed by atoms with E-state index in [1.165, 1.54) is 16.7 Å². The summed E-state index contributed by atoms with van der Waals surface area (Å²) >= 11 is 0. The molecule has 2 aromatic rings. The summed E-state index contributed by atoms with van der Waals surface area (Å²) in [6, 6.07) is 13.1. The number of carbonyl (C=O) groups is 1. The van der Waals surface area contributed by atoms with Crippen LogP contribution in [0.25, 0.3) is 12.2 Å². The van der Waals surface area contributed by atoms with E-state index in [0.29, 0.717) is 5.56 Å². The molecular formula is C17H16O2. The molecule has 0 saturated heterocycles. The Balaban J connectivity index is 2.33. The molecule has 2 rings (SSSR count). The molecule has 2 aromatic carbocycles. The molecule has 0 aliphatic carbocycles. The molecule has 0 unspecified atom stereocenters. The Morgan fingerprint density at radius 1 is 1.00 bits per heavy atom. The standard InChI is InChI=1S/C17H16O2/c1-12-5-3-6-13(2)16(12)10-9-14-7-4-8-15(11-14)17(18)19/h3-11H,1-2H3,(H,18,19)/b10-9+. The fraction of sp³-hybridized carbons (Fsp3) is 0.118. The normalized spacial score (nSPS) is 10.8. The molecule has 2 heteroatoms. The van der Waals surface area contributed by atoms with Crippen LogP contribution in [-0.2, 0) is 0 Å². The lowest BCUT2D eigenvalue weighted by atomic mass is 10.0. The molecule has 0 heterocycles. The second-order valence-corrected chi connectivity index (χ2v) is 4.57. The van der Waals surface area contributed by atoms with E-state index in [1.807, 2.05) is 24.3 Å². The number of benzene rings is 2. The highest BCUT2D eigenvalue weighted by atomic mass is 16.4. The first-order valence-electron chi connectivity index (χ1n) is 6.15. The number of rotatable bonds is 3. The Hall–Kier alpha value is -2.35. The summed E-state index contributed by atoms with van der Waals surface area (Å²) in [6.07, 6.45) is 3.98. The molecule has 19 heavy (non-hydrogen) atoms. The Bertz CT molecular complexity index is 619. The van der Waals surface area contributed by atoms with E-state index in [-0.39, 0.29) is 0 Å². The fourth-order valence-corrected chi connectivity index (χ4v) is 2.05. The summed E-state index contributed by atoms with van der Waals surface area (Å²) in [5.41, 5.74) is 4.81. The monoisotopic (exact) mass is 252 g/mol. The maximum atomic E-state index is 10.9. The molecule has 1 N–H and O–H groups in total. The summed E-state index contributed by atoms with van der Waals surface area (Å²) in [6.45, 7) is 4.14. The van der Waals surface area contributed by atoms with Crippen LogP contribution in [0.3, 0.4) is 0 Å². The minimum absolute atomic E-state index is 0.309. The lowest BCUT2D eigenvalue weighted by molar-refractivity contribution is 0.0697. The van der Waals surface area contributed by atoms with Crippen molar-refractivity contribution in [1.29, 1.82) is 0 Å². The van der Waals surface area contributed by atoms with Gasteiger partial charge >= 0.3 is 5.97 Å². The SMILES string of the molecule is Cc1cccc(C)c1/C=C/c1cccc(C(=O)O)c1. The quantitative estimate of drug-likeness (QED) is 0.832. The lowest BCUT2D eigenvalue weighted by Gasteiger charge is -2.04. The van der Waals surface area contributed by atoms with Crippen molar-refractivity contribution < 1.29 is 9.90 Å². The van der Waals surface area contributed by atoms with Gasteiger partial charge in [-0.3, -0.25) is 0 Å². The van der Waals surface area contributed by atoms with E-state index in [0.717, 1.165) is 5.56 Å². The highest BCUT2D eigenvalue weighted by molar-refractivity contribution is 5.88. The third kappa shape index (κ3) is 3.10. The zero-order valence-corrected chi connectivity index (χ0v) is 11.1. The van der Waals surface area contributed by atoms with Gasteiger partial charge in [0.05, 0.1) is 5.56 Å². The molecule has 0 aliphatic rings. The van der Waals surface area contributed by atoms with Crippen molar-refractivity contribution in [2.45, 2.75) is 13.8 Å². The van der Waals surface area contributed by atoms with Crippen LogP contribution in [0, 0.1) is 13.8 Å². The fourth-order valence-electron chi connectivity index (χ4n) is 2.05. The van der Waals surface area contributed by atoms with Crippen LogP contribution in [0.4, 0.5) is 0 Å². The number of hydrogen-bond acceptors (Lipinski definition) is 1. The first-order chi connectivity index (χ1) is 9.08. The van der Waals surface area contributed by atoms with E-state index in [2.05, 4.69) is 26.0 Å². The summed E-state index contributed by atoms with van der Waals surface area (Å²) in [7, 11) is 0. The smallest absolute Gasteiger partial charge is 0.335 e. The molecule has 0 aliphatic heterocycles. The van der Waals surface area contributed by atoms with Gasteiger partial charge in [0.2, 0.25) is 0 Å². The highest BCUT2D eigenvalue weighted by Crippen LogP contribution is 2.17. The first kappa shape index (κ1) is 13.1. The second-order valence-electron chi connectivity index (χ2n) is 4.57. The molecule has 2 nitrogen and oxygen atoms in total. The van der Waals surface area contributed by atoms with Crippen LogP contribution in [0.15, 0.2) is 42.5 Å². The van der Waals surface area contributed by atoms with Gasteiger partial charge in [0.1, 0.15) is 0 Å². The van der Waals surface area contributed by atoms with Gasteiger partial charge in [-0.2, -0.15) is 0 Å². The zero-order chi connectivity index (χ0) is 13.8. The molecule has 0 radical (unpaired) electrons. The maximum Gasteiger partial charge on any atom is 0.335 e. The molecule has 0 spiro atoms. The Labute approximate surface area is 113 Å². The molecular weight excluding hydrogens is 236 g/mol. The molecule has 0 amide bonds. The van der Waals surface area contributed by atoms with Crippen molar-refractivity contribution >= 4 is 18.1 Å². The van der Waals surface area contributed by atoms with E-state index >= 15 is 0 Å². The summed E-state index contributed by atoms with van der Waals surface area (Å²) in [4.78, 5) is 10.9. The average molecular weight is 252 g/mol. The van der Waals surface area contributed by atoms with Gasteiger partial charge in [-0.1, -0.05) is 42.5 Å². The third-order valence-corrected chi connectivity index (χ3v) is 3.12. The van der Waals surface area contributed by atoms with E-state index in [9.17, 15) is 4.79 Å². The van der Waals surface area contributed by atoms with Gasteiger partial charge < -0.3 is 5.11 Å². The molecule has 0 fully saturated rings. The van der Waals surface area contributed by atoms with Crippen molar-refractivity contribution in [3.63, 3.8) is 0 Å². The van der Waals surface area contributed by atoms with Gasteiger partial charge in [0.25, 0.3) is 0 Å². The number of carboxylic acids is 1. The second kappa shape index (κ2) is 5.53.